The van der Waals surface area contributed by atoms with Gasteiger partial charge in [0, 0.05) is 12.8 Å². The lowest BCUT2D eigenvalue weighted by atomic mass is 10.2. The third-order valence-electron chi connectivity index (χ3n) is 2.92. The predicted molar refractivity (Wildman–Crippen MR) is 71.0 cm³/mol. The Morgan fingerprint density at radius 2 is 2.05 bits per heavy atom. The van der Waals surface area contributed by atoms with Crippen molar-refractivity contribution >= 4 is 11.9 Å². The zero-order valence-corrected chi connectivity index (χ0v) is 11.2. The van der Waals surface area contributed by atoms with Crippen molar-refractivity contribution in [1.82, 2.24) is 0 Å². The third-order valence-corrected chi connectivity index (χ3v) is 2.92. The van der Waals surface area contributed by atoms with Crippen LogP contribution >= 0.6 is 0 Å². The number of benzene rings is 1. The fraction of sp³-hybridized carbons (Fsp3) is 0.467. The molecule has 0 bridgehead atoms. The maximum atomic E-state index is 11.6. The predicted octanol–water partition coefficient (Wildman–Crippen LogP) is 2.30. The Bertz CT molecular complexity index is 437. The molecule has 1 atom stereocenters. The van der Waals surface area contributed by atoms with Gasteiger partial charge in [0.25, 0.3) is 0 Å². The SMILES string of the molecule is O=C(CCCOC(=O)c1ccccc1)OC1CCCO1. The summed E-state index contributed by atoms with van der Waals surface area (Å²) in [7, 11) is 0. The van der Waals surface area contributed by atoms with E-state index in [9.17, 15) is 9.59 Å². The number of rotatable bonds is 6. The third kappa shape index (κ3) is 4.66. The van der Waals surface area contributed by atoms with E-state index in [1.807, 2.05) is 6.07 Å². The summed E-state index contributed by atoms with van der Waals surface area (Å²) in [5.74, 6) is -0.689. The van der Waals surface area contributed by atoms with Gasteiger partial charge < -0.3 is 14.2 Å². The standard InChI is InChI=1S/C15H18O5/c16-13(20-14-9-5-10-18-14)8-4-11-19-15(17)12-6-2-1-3-7-12/h1-3,6-7,14H,4-5,8-11H2. The van der Waals surface area contributed by atoms with E-state index in [-0.39, 0.29) is 25.0 Å². The first-order valence-corrected chi connectivity index (χ1v) is 6.79. The summed E-state index contributed by atoms with van der Waals surface area (Å²) in [5.41, 5.74) is 0.509. The molecule has 1 aliphatic heterocycles. The Balaban J connectivity index is 1.59. The van der Waals surface area contributed by atoms with Crippen molar-refractivity contribution in [3.63, 3.8) is 0 Å². The van der Waals surface area contributed by atoms with Crippen molar-refractivity contribution in [3.8, 4) is 0 Å². The molecule has 0 spiro atoms. The van der Waals surface area contributed by atoms with Crippen LogP contribution in [0.15, 0.2) is 30.3 Å². The summed E-state index contributed by atoms with van der Waals surface area (Å²) in [6, 6.07) is 8.76. The molecule has 108 valence electrons. The van der Waals surface area contributed by atoms with Gasteiger partial charge in [0.1, 0.15) is 0 Å². The molecule has 1 aromatic rings. The fourth-order valence-electron chi connectivity index (χ4n) is 1.89. The van der Waals surface area contributed by atoms with Crippen LogP contribution < -0.4 is 0 Å². The molecule has 0 saturated carbocycles. The molecule has 1 unspecified atom stereocenters. The van der Waals surface area contributed by atoms with Crippen LogP contribution in [0, 0.1) is 0 Å². The van der Waals surface area contributed by atoms with Crippen molar-refractivity contribution in [1.29, 1.82) is 0 Å². The summed E-state index contributed by atoms with van der Waals surface area (Å²) < 4.78 is 15.4. The van der Waals surface area contributed by atoms with Crippen LogP contribution in [0.3, 0.4) is 0 Å². The van der Waals surface area contributed by atoms with Crippen molar-refractivity contribution in [2.24, 2.45) is 0 Å². The molecular formula is C15H18O5. The topological polar surface area (TPSA) is 61.8 Å². The molecule has 2 rings (SSSR count). The lowest BCUT2D eigenvalue weighted by Crippen LogP contribution is -2.17. The van der Waals surface area contributed by atoms with Crippen LogP contribution in [0.1, 0.15) is 36.0 Å². The molecule has 1 fully saturated rings. The monoisotopic (exact) mass is 278 g/mol. The lowest BCUT2D eigenvalue weighted by Gasteiger charge is -2.10. The van der Waals surface area contributed by atoms with Crippen LogP contribution in [-0.4, -0.2) is 31.4 Å². The molecule has 1 aromatic carbocycles. The summed E-state index contributed by atoms with van der Waals surface area (Å²) in [6.45, 7) is 0.848. The van der Waals surface area contributed by atoms with E-state index in [1.165, 1.54) is 0 Å². The van der Waals surface area contributed by atoms with Gasteiger partial charge in [0.15, 0.2) is 0 Å². The Hall–Kier alpha value is -1.88. The molecule has 0 N–H and O–H groups in total. The van der Waals surface area contributed by atoms with Gasteiger partial charge >= 0.3 is 11.9 Å². The Morgan fingerprint density at radius 1 is 1.25 bits per heavy atom. The van der Waals surface area contributed by atoms with Crippen LogP contribution in [0.25, 0.3) is 0 Å². The quantitative estimate of drug-likeness (QED) is 0.590. The van der Waals surface area contributed by atoms with Gasteiger partial charge in [0.05, 0.1) is 18.8 Å². The summed E-state index contributed by atoms with van der Waals surface area (Å²) in [5, 5.41) is 0. The van der Waals surface area contributed by atoms with Crippen LogP contribution in [-0.2, 0) is 19.0 Å². The van der Waals surface area contributed by atoms with E-state index in [4.69, 9.17) is 14.2 Å². The van der Waals surface area contributed by atoms with Gasteiger partial charge in [-0.15, -0.1) is 0 Å². The second-order valence-electron chi connectivity index (χ2n) is 4.54. The highest BCUT2D eigenvalue weighted by atomic mass is 16.7. The van der Waals surface area contributed by atoms with Crippen LogP contribution in [0.2, 0.25) is 0 Å². The van der Waals surface area contributed by atoms with Gasteiger partial charge in [-0.1, -0.05) is 18.2 Å². The van der Waals surface area contributed by atoms with E-state index >= 15 is 0 Å². The highest BCUT2D eigenvalue weighted by Gasteiger charge is 2.19. The average molecular weight is 278 g/mol. The zero-order valence-electron chi connectivity index (χ0n) is 11.2. The molecule has 0 radical (unpaired) electrons. The van der Waals surface area contributed by atoms with Gasteiger partial charge in [0.2, 0.25) is 6.29 Å². The number of hydrogen-bond acceptors (Lipinski definition) is 5. The van der Waals surface area contributed by atoms with E-state index in [0.29, 0.717) is 18.6 Å². The first kappa shape index (κ1) is 14.5. The van der Waals surface area contributed by atoms with Gasteiger partial charge in [-0.2, -0.15) is 0 Å². The molecule has 20 heavy (non-hydrogen) atoms. The molecule has 0 aliphatic carbocycles. The lowest BCUT2D eigenvalue weighted by molar-refractivity contribution is -0.170. The summed E-state index contributed by atoms with van der Waals surface area (Å²) in [6.07, 6.45) is 1.96. The minimum atomic E-state index is -0.394. The molecule has 5 heteroatoms. The van der Waals surface area contributed by atoms with E-state index in [2.05, 4.69) is 0 Å². The fourth-order valence-corrected chi connectivity index (χ4v) is 1.89. The molecule has 0 amide bonds. The Kier molecular flexibility index (Phi) is 5.55. The van der Waals surface area contributed by atoms with Gasteiger partial charge in [-0.05, 0) is 25.0 Å². The maximum absolute atomic E-state index is 11.6. The first-order valence-electron chi connectivity index (χ1n) is 6.79. The second kappa shape index (κ2) is 7.65. The highest BCUT2D eigenvalue weighted by molar-refractivity contribution is 5.89. The Morgan fingerprint density at radius 3 is 2.75 bits per heavy atom. The minimum Gasteiger partial charge on any atom is -0.462 e. The largest absolute Gasteiger partial charge is 0.462 e. The normalized spacial score (nSPS) is 17.7. The van der Waals surface area contributed by atoms with Gasteiger partial charge in [-0.25, -0.2) is 4.79 Å². The number of esters is 2. The smallest absolute Gasteiger partial charge is 0.338 e. The molecule has 1 aliphatic rings. The van der Waals surface area contributed by atoms with Gasteiger partial charge in [-0.3, -0.25) is 4.79 Å². The average Bonchev–Trinajstić information content (AvgIpc) is 2.97. The number of ether oxygens (including phenoxy) is 3. The van der Waals surface area contributed by atoms with Crippen LogP contribution in [0.5, 0.6) is 0 Å². The number of hydrogen-bond donors (Lipinski definition) is 0. The maximum Gasteiger partial charge on any atom is 0.338 e. The van der Waals surface area contributed by atoms with E-state index in [1.54, 1.807) is 24.3 Å². The van der Waals surface area contributed by atoms with Crippen molar-refractivity contribution in [2.75, 3.05) is 13.2 Å². The minimum absolute atomic E-state index is 0.203. The van der Waals surface area contributed by atoms with Crippen molar-refractivity contribution in [2.45, 2.75) is 32.0 Å². The highest BCUT2D eigenvalue weighted by Crippen LogP contribution is 2.14. The molecule has 5 nitrogen and oxygen atoms in total. The van der Waals surface area contributed by atoms with Crippen molar-refractivity contribution in [3.05, 3.63) is 35.9 Å². The van der Waals surface area contributed by atoms with E-state index < -0.39 is 6.29 Å². The molecule has 1 saturated heterocycles. The second-order valence-corrected chi connectivity index (χ2v) is 4.54. The summed E-state index contributed by atoms with van der Waals surface area (Å²) in [4.78, 5) is 23.1. The summed E-state index contributed by atoms with van der Waals surface area (Å²) >= 11 is 0. The number of carbonyl (C=O) groups excluding carboxylic acids is 2. The van der Waals surface area contributed by atoms with Crippen LogP contribution in [0.4, 0.5) is 0 Å². The first-order chi connectivity index (χ1) is 9.75. The zero-order chi connectivity index (χ0) is 14.2. The van der Waals surface area contributed by atoms with Crippen molar-refractivity contribution < 1.29 is 23.8 Å². The Labute approximate surface area is 117 Å². The molecular weight excluding hydrogens is 260 g/mol. The number of carbonyl (C=O) groups is 2. The molecule has 0 aromatic heterocycles. The molecule has 1 heterocycles. The van der Waals surface area contributed by atoms with E-state index in [0.717, 1.165) is 12.8 Å².